The number of alkyl halides is 2. The highest BCUT2D eigenvalue weighted by Crippen LogP contribution is 2.10. The van der Waals surface area contributed by atoms with Gasteiger partial charge in [0.1, 0.15) is 0 Å². The Labute approximate surface area is 84.9 Å². The minimum absolute atomic E-state index is 0.131. The van der Waals surface area contributed by atoms with Crippen molar-refractivity contribution in [1.82, 2.24) is 4.90 Å². The van der Waals surface area contributed by atoms with Gasteiger partial charge >= 0.3 is 0 Å². The van der Waals surface area contributed by atoms with Gasteiger partial charge in [-0.3, -0.25) is 0 Å². The first kappa shape index (κ1) is 13.2. The molecule has 0 aliphatic carbocycles. The number of nitrogens with zero attached hydrogens (tertiary/aromatic N) is 1. The average molecular weight is 211 g/mol. The summed E-state index contributed by atoms with van der Waals surface area (Å²) < 4.78 is 23.9. The van der Waals surface area contributed by atoms with Crippen LogP contribution in [0.1, 0.15) is 19.8 Å². The lowest BCUT2D eigenvalue weighted by Gasteiger charge is -2.21. The summed E-state index contributed by atoms with van der Waals surface area (Å²) in [5, 5.41) is 0. The zero-order valence-electron chi connectivity index (χ0n) is 8.34. The number of halogens is 2. The summed E-state index contributed by atoms with van der Waals surface area (Å²) in [6.45, 7) is 2.69. The fraction of sp³-hybridized carbons (Fsp3) is 1.00. The van der Waals surface area contributed by atoms with E-state index in [1.165, 1.54) is 0 Å². The van der Waals surface area contributed by atoms with E-state index in [1.807, 2.05) is 0 Å². The molecule has 0 amide bonds. The molecule has 0 N–H and O–H groups in total. The predicted octanol–water partition coefficient (Wildman–Crippen LogP) is 2.53. The number of thiol groups is 1. The van der Waals surface area contributed by atoms with Crippen molar-refractivity contribution in [2.24, 2.45) is 5.92 Å². The average Bonchev–Trinajstić information content (AvgIpc) is 2.02. The smallest absolute Gasteiger partial charge is 0.251 e. The van der Waals surface area contributed by atoms with Crippen LogP contribution in [-0.4, -0.2) is 37.2 Å². The molecule has 0 fully saturated rings. The van der Waals surface area contributed by atoms with Gasteiger partial charge in [-0.15, -0.1) is 0 Å². The molecule has 1 unspecified atom stereocenters. The first-order valence-corrected chi connectivity index (χ1v) is 5.30. The number of rotatable bonds is 7. The monoisotopic (exact) mass is 211 g/mol. The van der Waals surface area contributed by atoms with Gasteiger partial charge in [0.15, 0.2) is 0 Å². The molecule has 0 aromatic rings. The van der Waals surface area contributed by atoms with Crippen molar-refractivity contribution < 1.29 is 8.78 Å². The normalized spacial score (nSPS) is 14.1. The maximum absolute atomic E-state index is 12.0. The van der Waals surface area contributed by atoms with Crippen LogP contribution in [0.25, 0.3) is 0 Å². The molecule has 0 spiro atoms. The van der Waals surface area contributed by atoms with Crippen LogP contribution in [0.2, 0.25) is 0 Å². The van der Waals surface area contributed by atoms with Gasteiger partial charge < -0.3 is 4.90 Å². The third kappa shape index (κ3) is 7.26. The van der Waals surface area contributed by atoms with Crippen LogP contribution < -0.4 is 0 Å². The Balaban J connectivity index is 3.65. The fourth-order valence-electron chi connectivity index (χ4n) is 1.40. The summed E-state index contributed by atoms with van der Waals surface area (Å²) in [5.74, 6) is 1.22. The van der Waals surface area contributed by atoms with Gasteiger partial charge in [0, 0.05) is 6.54 Å². The molecule has 0 saturated heterocycles. The second kappa shape index (κ2) is 7.56. The highest BCUT2D eigenvalue weighted by atomic mass is 32.1. The van der Waals surface area contributed by atoms with E-state index in [-0.39, 0.29) is 6.54 Å². The summed E-state index contributed by atoms with van der Waals surface area (Å²) in [4.78, 5) is 1.68. The van der Waals surface area contributed by atoms with Crippen LogP contribution in [0.15, 0.2) is 0 Å². The molecular weight excluding hydrogens is 192 g/mol. The molecule has 0 saturated carbocycles. The Kier molecular flexibility index (Phi) is 7.66. The molecule has 1 nitrogen and oxygen atoms in total. The summed E-state index contributed by atoms with van der Waals surface area (Å²) in [6.07, 6.45) is -0.0719. The highest BCUT2D eigenvalue weighted by Gasteiger charge is 2.12. The van der Waals surface area contributed by atoms with Gasteiger partial charge in [0.25, 0.3) is 6.43 Å². The second-order valence-electron chi connectivity index (χ2n) is 3.45. The maximum Gasteiger partial charge on any atom is 0.251 e. The van der Waals surface area contributed by atoms with Crippen LogP contribution in [0.4, 0.5) is 8.78 Å². The van der Waals surface area contributed by atoms with E-state index in [0.29, 0.717) is 5.92 Å². The zero-order valence-corrected chi connectivity index (χ0v) is 9.24. The number of hydrogen-bond acceptors (Lipinski definition) is 2. The van der Waals surface area contributed by atoms with Crippen molar-refractivity contribution in [1.29, 1.82) is 0 Å². The summed E-state index contributed by atoms with van der Waals surface area (Å²) in [7, 11) is 1.73. The standard InChI is InChI=1S/C9H19F2NS/c1-3-4-8(7-13)5-12(2)6-9(10)11/h8-9,13H,3-7H2,1-2H3. The Morgan fingerprint density at radius 2 is 1.92 bits per heavy atom. The molecule has 0 aromatic heterocycles. The van der Waals surface area contributed by atoms with Crippen LogP contribution in [-0.2, 0) is 0 Å². The van der Waals surface area contributed by atoms with Gasteiger partial charge in [-0.25, -0.2) is 8.78 Å². The van der Waals surface area contributed by atoms with Crippen molar-refractivity contribution in [3.05, 3.63) is 0 Å². The largest absolute Gasteiger partial charge is 0.301 e. The van der Waals surface area contributed by atoms with E-state index in [1.54, 1.807) is 11.9 Å². The Morgan fingerprint density at radius 3 is 2.31 bits per heavy atom. The van der Waals surface area contributed by atoms with E-state index in [2.05, 4.69) is 19.6 Å². The Hall–Kier alpha value is 0.170. The molecule has 0 bridgehead atoms. The fourth-order valence-corrected chi connectivity index (χ4v) is 1.70. The Morgan fingerprint density at radius 1 is 1.31 bits per heavy atom. The van der Waals surface area contributed by atoms with E-state index < -0.39 is 6.43 Å². The molecular formula is C9H19F2NS. The lowest BCUT2D eigenvalue weighted by molar-refractivity contribution is 0.0940. The van der Waals surface area contributed by atoms with E-state index in [4.69, 9.17) is 0 Å². The van der Waals surface area contributed by atoms with Gasteiger partial charge in [0.2, 0.25) is 0 Å². The molecule has 1 atom stereocenters. The first-order valence-electron chi connectivity index (χ1n) is 4.67. The van der Waals surface area contributed by atoms with Gasteiger partial charge in [-0.05, 0) is 25.1 Å². The van der Waals surface area contributed by atoms with Crippen LogP contribution in [0.5, 0.6) is 0 Å². The highest BCUT2D eigenvalue weighted by molar-refractivity contribution is 7.80. The molecule has 13 heavy (non-hydrogen) atoms. The van der Waals surface area contributed by atoms with Crippen molar-refractivity contribution in [3.63, 3.8) is 0 Å². The van der Waals surface area contributed by atoms with Gasteiger partial charge in [-0.1, -0.05) is 13.3 Å². The van der Waals surface area contributed by atoms with Crippen LogP contribution in [0.3, 0.4) is 0 Å². The quantitative estimate of drug-likeness (QED) is 0.633. The van der Waals surface area contributed by atoms with Crippen LogP contribution in [0, 0.1) is 5.92 Å². The topological polar surface area (TPSA) is 3.24 Å². The molecule has 0 rings (SSSR count). The molecule has 0 aromatic carbocycles. The third-order valence-corrected chi connectivity index (χ3v) is 2.49. The van der Waals surface area contributed by atoms with Crippen molar-refractivity contribution in [2.75, 3.05) is 25.9 Å². The minimum Gasteiger partial charge on any atom is -0.301 e. The third-order valence-electron chi connectivity index (χ3n) is 1.97. The van der Waals surface area contributed by atoms with E-state index in [0.717, 1.165) is 25.1 Å². The van der Waals surface area contributed by atoms with Crippen molar-refractivity contribution >= 4 is 12.6 Å². The van der Waals surface area contributed by atoms with Gasteiger partial charge in [0.05, 0.1) is 6.54 Å². The molecule has 4 heteroatoms. The Bertz CT molecular complexity index is 122. The summed E-state index contributed by atoms with van der Waals surface area (Å²) in [5.41, 5.74) is 0. The second-order valence-corrected chi connectivity index (χ2v) is 3.81. The lowest BCUT2D eigenvalue weighted by Crippen LogP contribution is -2.30. The zero-order chi connectivity index (χ0) is 10.3. The molecule has 0 aliphatic rings. The lowest BCUT2D eigenvalue weighted by atomic mass is 10.1. The first-order chi connectivity index (χ1) is 6.10. The minimum atomic E-state index is -2.23. The summed E-state index contributed by atoms with van der Waals surface area (Å²) in [6, 6.07) is 0. The van der Waals surface area contributed by atoms with Crippen LogP contribution >= 0.6 is 12.6 Å². The molecule has 0 radical (unpaired) electrons. The van der Waals surface area contributed by atoms with E-state index >= 15 is 0 Å². The van der Waals surface area contributed by atoms with Gasteiger partial charge in [-0.2, -0.15) is 12.6 Å². The molecule has 0 heterocycles. The SMILES string of the molecule is CCCC(CS)CN(C)CC(F)F. The summed E-state index contributed by atoms with van der Waals surface area (Å²) >= 11 is 4.20. The van der Waals surface area contributed by atoms with Crippen molar-refractivity contribution in [3.8, 4) is 0 Å². The van der Waals surface area contributed by atoms with Crippen molar-refractivity contribution in [2.45, 2.75) is 26.2 Å². The molecule has 80 valence electrons. The predicted molar refractivity (Wildman–Crippen MR) is 55.8 cm³/mol. The maximum atomic E-state index is 12.0. The molecule has 0 aliphatic heterocycles. The number of hydrogen-bond donors (Lipinski definition) is 1. The van der Waals surface area contributed by atoms with E-state index in [9.17, 15) is 8.78 Å².